The van der Waals surface area contributed by atoms with Gasteiger partial charge in [-0.1, -0.05) is 0 Å². The standard InChI is InChI=1S/C14H22N6O/c1-18(2)14-16-13(21-17-14)11-4-6-20(7-5-11)9-12-8-15-10-19(12)3/h8,10-11H,4-7,9H2,1-3H3. The lowest BCUT2D eigenvalue weighted by molar-refractivity contribution is 0.184. The Morgan fingerprint density at radius 1 is 1.33 bits per heavy atom. The van der Waals surface area contributed by atoms with Gasteiger partial charge in [-0.2, -0.15) is 4.98 Å². The van der Waals surface area contributed by atoms with Crippen LogP contribution in [0.5, 0.6) is 0 Å². The van der Waals surface area contributed by atoms with Gasteiger partial charge in [-0.25, -0.2) is 4.98 Å². The molecule has 2 aromatic rings. The molecule has 114 valence electrons. The first kappa shape index (κ1) is 14.1. The second-order valence-corrected chi connectivity index (χ2v) is 5.87. The molecule has 21 heavy (non-hydrogen) atoms. The Bertz CT molecular complexity index is 582. The van der Waals surface area contributed by atoms with Crippen LogP contribution >= 0.6 is 0 Å². The topological polar surface area (TPSA) is 63.2 Å². The molecule has 1 saturated heterocycles. The van der Waals surface area contributed by atoms with Crippen molar-refractivity contribution in [1.82, 2.24) is 24.6 Å². The Kier molecular flexibility index (Phi) is 3.92. The molecule has 0 N–H and O–H groups in total. The van der Waals surface area contributed by atoms with Gasteiger partial charge in [-0.15, -0.1) is 0 Å². The molecule has 7 nitrogen and oxygen atoms in total. The first-order chi connectivity index (χ1) is 10.1. The number of hydrogen-bond donors (Lipinski definition) is 0. The maximum absolute atomic E-state index is 5.39. The van der Waals surface area contributed by atoms with E-state index in [4.69, 9.17) is 4.52 Å². The lowest BCUT2D eigenvalue weighted by Gasteiger charge is -2.30. The third-order valence-corrected chi connectivity index (χ3v) is 4.07. The van der Waals surface area contributed by atoms with E-state index in [2.05, 4.69) is 24.6 Å². The summed E-state index contributed by atoms with van der Waals surface area (Å²) in [5, 5.41) is 4.00. The number of rotatable bonds is 4. The van der Waals surface area contributed by atoms with E-state index < -0.39 is 0 Å². The van der Waals surface area contributed by atoms with E-state index >= 15 is 0 Å². The summed E-state index contributed by atoms with van der Waals surface area (Å²) in [6.45, 7) is 3.06. The maximum Gasteiger partial charge on any atom is 0.265 e. The van der Waals surface area contributed by atoms with Crippen molar-refractivity contribution >= 4 is 5.95 Å². The highest BCUT2D eigenvalue weighted by Crippen LogP contribution is 2.28. The van der Waals surface area contributed by atoms with Crippen LogP contribution in [0.1, 0.15) is 30.3 Å². The Labute approximate surface area is 124 Å². The van der Waals surface area contributed by atoms with Crippen LogP contribution in [0.15, 0.2) is 17.0 Å². The number of hydrogen-bond acceptors (Lipinski definition) is 6. The third kappa shape index (κ3) is 3.07. The van der Waals surface area contributed by atoms with Gasteiger partial charge in [0.2, 0.25) is 5.89 Å². The molecule has 0 radical (unpaired) electrons. The summed E-state index contributed by atoms with van der Waals surface area (Å²) < 4.78 is 7.47. The van der Waals surface area contributed by atoms with Gasteiger partial charge in [-0.05, 0) is 31.1 Å². The van der Waals surface area contributed by atoms with Crippen LogP contribution in [0, 0.1) is 0 Å². The molecule has 0 saturated carbocycles. The average Bonchev–Trinajstić information content (AvgIpc) is 3.10. The molecule has 1 fully saturated rings. The summed E-state index contributed by atoms with van der Waals surface area (Å²) in [6, 6.07) is 0. The summed E-state index contributed by atoms with van der Waals surface area (Å²) in [4.78, 5) is 13.0. The first-order valence-corrected chi connectivity index (χ1v) is 7.32. The van der Waals surface area contributed by atoms with Crippen molar-refractivity contribution in [2.45, 2.75) is 25.3 Å². The van der Waals surface area contributed by atoms with Crippen LogP contribution in [0.3, 0.4) is 0 Å². The van der Waals surface area contributed by atoms with Crippen LogP contribution in [0.4, 0.5) is 5.95 Å². The second-order valence-electron chi connectivity index (χ2n) is 5.87. The number of piperidine rings is 1. The quantitative estimate of drug-likeness (QED) is 0.844. The summed E-state index contributed by atoms with van der Waals surface area (Å²) >= 11 is 0. The normalized spacial score (nSPS) is 17.3. The fraction of sp³-hybridized carbons (Fsp3) is 0.643. The summed E-state index contributed by atoms with van der Waals surface area (Å²) in [5.41, 5.74) is 1.25. The highest BCUT2D eigenvalue weighted by Gasteiger charge is 2.25. The number of nitrogens with zero attached hydrogens (tertiary/aromatic N) is 6. The smallest absolute Gasteiger partial charge is 0.265 e. The molecule has 1 aliphatic rings. The largest absolute Gasteiger partial charge is 0.344 e. The molecule has 7 heteroatoms. The summed E-state index contributed by atoms with van der Waals surface area (Å²) in [6.07, 6.45) is 5.91. The molecular formula is C14H22N6O. The van der Waals surface area contributed by atoms with Crippen molar-refractivity contribution in [3.63, 3.8) is 0 Å². The number of aromatic nitrogens is 4. The van der Waals surface area contributed by atoms with Crippen LogP contribution < -0.4 is 4.90 Å². The number of aryl methyl sites for hydroxylation is 1. The third-order valence-electron chi connectivity index (χ3n) is 4.07. The summed E-state index contributed by atoms with van der Waals surface area (Å²) in [5.74, 6) is 1.81. The lowest BCUT2D eigenvalue weighted by atomic mass is 9.97. The fourth-order valence-corrected chi connectivity index (χ4v) is 2.68. The highest BCUT2D eigenvalue weighted by atomic mass is 16.5. The van der Waals surface area contributed by atoms with E-state index in [1.807, 2.05) is 38.6 Å². The average molecular weight is 290 g/mol. The maximum atomic E-state index is 5.39. The molecule has 0 amide bonds. The summed E-state index contributed by atoms with van der Waals surface area (Å²) in [7, 11) is 5.88. The van der Waals surface area contributed by atoms with Crippen molar-refractivity contribution in [3.05, 3.63) is 24.1 Å². The van der Waals surface area contributed by atoms with Gasteiger partial charge in [0.25, 0.3) is 5.95 Å². The van der Waals surface area contributed by atoms with Crippen LogP contribution in [0.25, 0.3) is 0 Å². The zero-order valence-electron chi connectivity index (χ0n) is 12.9. The van der Waals surface area contributed by atoms with Crippen molar-refractivity contribution < 1.29 is 4.52 Å². The Morgan fingerprint density at radius 3 is 2.67 bits per heavy atom. The van der Waals surface area contributed by atoms with Gasteiger partial charge in [0.1, 0.15) is 0 Å². The Hall–Kier alpha value is -1.89. The number of likely N-dealkylation sites (tertiary alicyclic amines) is 1. The first-order valence-electron chi connectivity index (χ1n) is 7.32. The molecule has 3 rings (SSSR count). The van der Waals surface area contributed by atoms with Crippen molar-refractivity contribution in [2.75, 3.05) is 32.1 Å². The van der Waals surface area contributed by atoms with Gasteiger partial charge in [-0.3, -0.25) is 4.90 Å². The predicted octanol–water partition coefficient (Wildman–Crippen LogP) is 1.25. The molecule has 0 atom stereocenters. The monoisotopic (exact) mass is 290 g/mol. The molecule has 0 unspecified atom stereocenters. The molecule has 2 aromatic heterocycles. The van der Waals surface area contributed by atoms with Gasteiger partial charge in [0.15, 0.2) is 0 Å². The molecule has 0 bridgehead atoms. The van der Waals surface area contributed by atoms with E-state index in [-0.39, 0.29) is 0 Å². The van der Waals surface area contributed by atoms with E-state index in [1.54, 1.807) is 0 Å². The Morgan fingerprint density at radius 2 is 2.10 bits per heavy atom. The Balaban J connectivity index is 1.56. The molecular weight excluding hydrogens is 268 g/mol. The van der Waals surface area contributed by atoms with Crippen LogP contribution in [-0.4, -0.2) is 51.8 Å². The van der Waals surface area contributed by atoms with Gasteiger partial charge in [0, 0.05) is 39.8 Å². The van der Waals surface area contributed by atoms with Crippen molar-refractivity contribution in [2.24, 2.45) is 7.05 Å². The van der Waals surface area contributed by atoms with E-state index in [0.717, 1.165) is 38.4 Å². The molecule has 1 aliphatic heterocycles. The predicted molar refractivity (Wildman–Crippen MR) is 79.1 cm³/mol. The van der Waals surface area contributed by atoms with Gasteiger partial charge in [0.05, 0.1) is 12.0 Å². The van der Waals surface area contributed by atoms with E-state index in [1.165, 1.54) is 5.69 Å². The van der Waals surface area contributed by atoms with Crippen molar-refractivity contribution in [1.29, 1.82) is 0 Å². The molecule has 3 heterocycles. The molecule has 0 spiro atoms. The number of imidazole rings is 1. The van der Waals surface area contributed by atoms with Crippen LogP contribution in [0.2, 0.25) is 0 Å². The minimum atomic E-state index is 0.383. The van der Waals surface area contributed by atoms with E-state index in [0.29, 0.717) is 11.9 Å². The van der Waals surface area contributed by atoms with Gasteiger partial charge >= 0.3 is 0 Å². The van der Waals surface area contributed by atoms with E-state index in [9.17, 15) is 0 Å². The SMILES string of the molecule is CN(C)c1noc(C2CCN(Cc3cncn3C)CC2)n1. The zero-order valence-corrected chi connectivity index (χ0v) is 12.9. The zero-order chi connectivity index (χ0) is 14.8. The molecule has 0 aliphatic carbocycles. The van der Waals surface area contributed by atoms with Crippen LogP contribution in [-0.2, 0) is 13.6 Å². The highest BCUT2D eigenvalue weighted by molar-refractivity contribution is 5.24. The molecule has 0 aromatic carbocycles. The van der Waals surface area contributed by atoms with Crippen molar-refractivity contribution in [3.8, 4) is 0 Å². The fourth-order valence-electron chi connectivity index (χ4n) is 2.68. The number of anilines is 1. The second kappa shape index (κ2) is 5.85. The lowest BCUT2D eigenvalue weighted by Crippen LogP contribution is -2.33. The van der Waals surface area contributed by atoms with Gasteiger partial charge < -0.3 is 14.0 Å². The minimum Gasteiger partial charge on any atom is -0.344 e. The minimum absolute atomic E-state index is 0.383.